The van der Waals surface area contributed by atoms with E-state index in [2.05, 4.69) is 4.98 Å². The molecular formula is C8H7Cl2F2NO. The maximum Gasteiger partial charge on any atom is 0.284 e. The molecule has 78 valence electrons. The van der Waals surface area contributed by atoms with Gasteiger partial charge in [0.2, 0.25) is 0 Å². The highest BCUT2D eigenvalue weighted by molar-refractivity contribution is 6.32. The number of halogens is 4. The van der Waals surface area contributed by atoms with Crippen molar-refractivity contribution in [3.63, 3.8) is 0 Å². The summed E-state index contributed by atoms with van der Waals surface area (Å²) in [4.78, 5) is 3.63. The molecule has 0 bridgehead atoms. The van der Waals surface area contributed by atoms with E-state index in [1.807, 2.05) is 0 Å². The lowest BCUT2D eigenvalue weighted by atomic mass is 10.3. The van der Waals surface area contributed by atoms with Crippen LogP contribution >= 0.6 is 23.2 Å². The number of pyridine rings is 1. The van der Waals surface area contributed by atoms with Crippen LogP contribution in [0.5, 0.6) is 5.75 Å². The fourth-order valence-corrected chi connectivity index (χ4v) is 1.43. The highest BCUT2D eigenvalue weighted by Crippen LogP contribution is 2.34. The highest BCUT2D eigenvalue weighted by atomic mass is 35.5. The van der Waals surface area contributed by atoms with Crippen molar-refractivity contribution >= 4 is 23.2 Å². The van der Waals surface area contributed by atoms with E-state index < -0.39 is 12.1 Å². The summed E-state index contributed by atoms with van der Waals surface area (Å²) in [5.41, 5.74) is -0.177. The van der Waals surface area contributed by atoms with E-state index in [0.717, 1.165) is 0 Å². The number of ether oxygens (including phenoxy) is 1. The molecule has 1 aromatic heterocycles. The van der Waals surface area contributed by atoms with Crippen molar-refractivity contribution in [2.45, 2.75) is 12.3 Å². The van der Waals surface area contributed by atoms with E-state index in [0.29, 0.717) is 5.69 Å². The largest absolute Gasteiger partial charge is 0.493 e. The van der Waals surface area contributed by atoms with Crippen molar-refractivity contribution in [1.29, 1.82) is 0 Å². The minimum Gasteiger partial charge on any atom is -0.493 e. The van der Waals surface area contributed by atoms with Crippen molar-refractivity contribution in [2.75, 3.05) is 7.11 Å². The molecule has 0 radical (unpaired) electrons. The molecule has 0 N–H and O–H groups in total. The highest BCUT2D eigenvalue weighted by Gasteiger charge is 2.19. The van der Waals surface area contributed by atoms with Crippen LogP contribution in [0.25, 0.3) is 0 Å². The molecule has 2 nitrogen and oxygen atoms in total. The number of methoxy groups -OCH3 is 1. The zero-order valence-corrected chi connectivity index (χ0v) is 8.74. The van der Waals surface area contributed by atoms with Gasteiger partial charge < -0.3 is 4.74 Å². The van der Waals surface area contributed by atoms with Crippen LogP contribution in [-0.4, -0.2) is 12.1 Å². The first kappa shape index (κ1) is 11.5. The van der Waals surface area contributed by atoms with Crippen molar-refractivity contribution < 1.29 is 13.5 Å². The summed E-state index contributed by atoms with van der Waals surface area (Å²) in [5, 5.41) is 0.0912. The van der Waals surface area contributed by atoms with Gasteiger partial charge in [0.25, 0.3) is 6.43 Å². The third-order valence-electron chi connectivity index (χ3n) is 1.55. The lowest BCUT2D eigenvalue weighted by molar-refractivity contribution is 0.141. The van der Waals surface area contributed by atoms with E-state index >= 15 is 0 Å². The van der Waals surface area contributed by atoms with Gasteiger partial charge in [0.15, 0.2) is 5.75 Å². The summed E-state index contributed by atoms with van der Waals surface area (Å²) in [6.45, 7) is 0. The Morgan fingerprint density at radius 3 is 2.64 bits per heavy atom. The third-order valence-corrected chi connectivity index (χ3v) is 2.11. The minimum absolute atomic E-state index is 0.0312. The van der Waals surface area contributed by atoms with Crippen molar-refractivity contribution in [3.8, 4) is 5.75 Å². The van der Waals surface area contributed by atoms with E-state index in [1.54, 1.807) is 0 Å². The summed E-state index contributed by atoms with van der Waals surface area (Å²) < 4.78 is 29.7. The van der Waals surface area contributed by atoms with Gasteiger partial charge in [-0.2, -0.15) is 0 Å². The lowest BCUT2D eigenvalue weighted by Crippen LogP contribution is -2.00. The van der Waals surface area contributed by atoms with Crippen LogP contribution in [-0.2, 0) is 5.88 Å². The summed E-state index contributed by atoms with van der Waals surface area (Å²) >= 11 is 11.2. The molecule has 14 heavy (non-hydrogen) atoms. The quantitative estimate of drug-likeness (QED) is 0.757. The second kappa shape index (κ2) is 4.75. The maximum absolute atomic E-state index is 12.5. The molecule has 0 aliphatic carbocycles. The summed E-state index contributed by atoms with van der Waals surface area (Å²) in [6, 6.07) is 1.40. The van der Waals surface area contributed by atoms with Gasteiger partial charge in [-0.25, -0.2) is 13.8 Å². The fourth-order valence-electron chi connectivity index (χ4n) is 0.990. The van der Waals surface area contributed by atoms with E-state index in [9.17, 15) is 8.78 Å². The number of hydrogen-bond donors (Lipinski definition) is 0. The zero-order valence-electron chi connectivity index (χ0n) is 7.23. The molecule has 6 heteroatoms. The number of alkyl halides is 3. The summed E-state index contributed by atoms with van der Waals surface area (Å²) in [5.74, 6) is -0.0702. The molecule has 0 saturated heterocycles. The molecule has 0 unspecified atom stereocenters. The smallest absolute Gasteiger partial charge is 0.284 e. The predicted molar refractivity (Wildman–Crippen MR) is 50.3 cm³/mol. The molecule has 0 fully saturated rings. The van der Waals surface area contributed by atoms with Crippen LogP contribution in [0.1, 0.15) is 17.8 Å². The zero-order chi connectivity index (χ0) is 10.7. The average Bonchev–Trinajstić information content (AvgIpc) is 2.16. The second-order valence-electron chi connectivity index (χ2n) is 2.45. The summed E-state index contributed by atoms with van der Waals surface area (Å²) in [6.07, 6.45) is -2.73. The van der Waals surface area contributed by atoms with Crippen LogP contribution < -0.4 is 4.74 Å². The molecule has 0 amide bonds. The molecule has 0 aliphatic rings. The first-order valence-corrected chi connectivity index (χ1v) is 4.58. The van der Waals surface area contributed by atoms with Crippen LogP contribution in [0.4, 0.5) is 8.78 Å². The molecule has 1 rings (SSSR count). The van der Waals surface area contributed by atoms with Crippen LogP contribution in [0, 0.1) is 0 Å². The van der Waals surface area contributed by atoms with E-state index in [-0.39, 0.29) is 16.7 Å². The SMILES string of the molecule is COc1c(Cl)cc(CCl)nc1C(F)F. The van der Waals surface area contributed by atoms with Gasteiger partial charge in [-0.3, -0.25) is 0 Å². The average molecular weight is 242 g/mol. The Bertz CT molecular complexity index is 333. The van der Waals surface area contributed by atoms with E-state index in [4.69, 9.17) is 27.9 Å². The number of rotatable bonds is 3. The topological polar surface area (TPSA) is 22.1 Å². The Labute approximate surface area is 89.8 Å². The van der Waals surface area contributed by atoms with Crippen LogP contribution in [0.2, 0.25) is 5.02 Å². The monoisotopic (exact) mass is 241 g/mol. The van der Waals surface area contributed by atoms with Gasteiger partial charge in [0.1, 0.15) is 5.69 Å². The van der Waals surface area contributed by atoms with Crippen LogP contribution in [0.15, 0.2) is 6.07 Å². The van der Waals surface area contributed by atoms with Crippen molar-refractivity contribution in [2.24, 2.45) is 0 Å². The molecule has 1 aromatic rings. The van der Waals surface area contributed by atoms with Gasteiger partial charge in [-0.1, -0.05) is 11.6 Å². The van der Waals surface area contributed by atoms with Crippen molar-refractivity contribution in [1.82, 2.24) is 4.98 Å². The Kier molecular flexibility index (Phi) is 3.89. The lowest BCUT2D eigenvalue weighted by Gasteiger charge is -2.09. The standard InChI is InChI=1S/C8H7Cl2F2NO/c1-14-7-5(10)2-4(3-9)13-6(7)8(11)12/h2,8H,3H2,1H3. The van der Waals surface area contributed by atoms with Crippen molar-refractivity contribution in [3.05, 3.63) is 22.5 Å². The Hall–Kier alpha value is -0.610. The fraction of sp³-hybridized carbons (Fsp3) is 0.375. The number of aromatic nitrogens is 1. The first-order chi connectivity index (χ1) is 6.60. The molecule has 0 aromatic carbocycles. The normalized spacial score (nSPS) is 10.7. The Morgan fingerprint density at radius 2 is 2.21 bits per heavy atom. The predicted octanol–water partition coefficient (Wildman–Crippen LogP) is 3.42. The van der Waals surface area contributed by atoms with E-state index in [1.165, 1.54) is 13.2 Å². The molecule has 1 heterocycles. The molecule has 0 saturated carbocycles. The Morgan fingerprint density at radius 1 is 1.57 bits per heavy atom. The van der Waals surface area contributed by atoms with Gasteiger partial charge in [-0.05, 0) is 6.07 Å². The molecular weight excluding hydrogens is 235 g/mol. The minimum atomic E-state index is -2.73. The molecule has 0 aliphatic heterocycles. The molecule has 0 spiro atoms. The third kappa shape index (κ3) is 2.25. The first-order valence-electron chi connectivity index (χ1n) is 3.67. The van der Waals surface area contributed by atoms with Gasteiger partial charge in [0, 0.05) is 0 Å². The number of nitrogens with zero attached hydrogens (tertiary/aromatic N) is 1. The summed E-state index contributed by atoms with van der Waals surface area (Å²) in [7, 11) is 1.26. The Balaban J connectivity index is 3.28. The van der Waals surface area contributed by atoms with Gasteiger partial charge >= 0.3 is 0 Å². The van der Waals surface area contributed by atoms with Gasteiger partial charge in [0.05, 0.1) is 23.7 Å². The molecule has 0 atom stereocenters. The van der Waals surface area contributed by atoms with Crippen LogP contribution in [0.3, 0.4) is 0 Å². The number of hydrogen-bond acceptors (Lipinski definition) is 2. The van der Waals surface area contributed by atoms with Gasteiger partial charge in [-0.15, -0.1) is 11.6 Å². The second-order valence-corrected chi connectivity index (χ2v) is 3.12. The maximum atomic E-state index is 12.5.